The average Bonchev–Trinajstić information content (AvgIpc) is 3.72. The van der Waals surface area contributed by atoms with Gasteiger partial charge in [0.05, 0.1) is 22.1 Å². The van der Waals surface area contributed by atoms with Crippen LogP contribution < -0.4 is 0 Å². The summed E-state index contributed by atoms with van der Waals surface area (Å²) in [5.74, 6) is 0. The second-order valence-electron chi connectivity index (χ2n) is 12.9. The van der Waals surface area contributed by atoms with Gasteiger partial charge in [-0.2, -0.15) is 0 Å². The molecule has 0 bridgehead atoms. The zero-order chi connectivity index (χ0) is 33.0. The van der Waals surface area contributed by atoms with E-state index in [1.807, 2.05) is 0 Å². The third-order valence-corrected chi connectivity index (χ3v) is 10.1. The van der Waals surface area contributed by atoms with Gasteiger partial charge in [0.1, 0.15) is 0 Å². The Balaban J connectivity index is 1.30. The van der Waals surface area contributed by atoms with E-state index in [4.69, 9.17) is 0 Å². The fraction of sp³-hybridized carbons (Fsp3) is 0. The predicted octanol–water partition coefficient (Wildman–Crippen LogP) is 12.9. The van der Waals surface area contributed by atoms with Crippen molar-refractivity contribution < 1.29 is 0 Å². The van der Waals surface area contributed by atoms with Gasteiger partial charge in [-0.25, -0.2) is 0 Å². The number of para-hydroxylation sites is 3. The first-order valence-electron chi connectivity index (χ1n) is 17.2. The van der Waals surface area contributed by atoms with Gasteiger partial charge in [-0.1, -0.05) is 152 Å². The van der Waals surface area contributed by atoms with Crippen molar-refractivity contribution in [2.75, 3.05) is 0 Å². The minimum atomic E-state index is 1.14. The summed E-state index contributed by atoms with van der Waals surface area (Å²) in [5.41, 5.74) is 14.4. The molecule has 0 aliphatic carbocycles. The fourth-order valence-corrected chi connectivity index (χ4v) is 8.01. The Bertz CT molecular complexity index is 2780. The summed E-state index contributed by atoms with van der Waals surface area (Å²) in [6.07, 6.45) is 0. The number of aromatic nitrogens is 2. The van der Waals surface area contributed by atoms with Crippen LogP contribution >= 0.6 is 0 Å². The summed E-state index contributed by atoms with van der Waals surface area (Å²) in [4.78, 5) is 0. The Labute approximate surface area is 290 Å². The molecule has 0 fully saturated rings. The Morgan fingerprint density at radius 1 is 0.300 bits per heavy atom. The number of benzene rings is 8. The third kappa shape index (κ3) is 4.36. The topological polar surface area (TPSA) is 9.86 Å². The van der Waals surface area contributed by atoms with E-state index in [1.165, 1.54) is 77.0 Å². The van der Waals surface area contributed by atoms with Crippen LogP contribution in [0.15, 0.2) is 194 Å². The van der Waals surface area contributed by atoms with E-state index in [9.17, 15) is 0 Å². The van der Waals surface area contributed by atoms with Crippen LogP contribution in [-0.2, 0) is 0 Å². The summed E-state index contributed by atoms with van der Waals surface area (Å²) < 4.78 is 4.90. The molecule has 50 heavy (non-hydrogen) atoms. The van der Waals surface area contributed by atoms with Gasteiger partial charge in [0.15, 0.2) is 0 Å². The van der Waals surface area contributed by atoms with E-state index in [1.54, 1.807) is 0 Å². The predicted molar refractivity (Wildman–Crippen MR) is 211 cm³/mol. The molecule has 0 saturated carbocycles. The Kier molecular flexibility index (Phi) is 6.53. The van der Waals surface area contributed by atoms with Gasteiger partial charge < -0.3 is 9.13 Å². The molecular formula is C48H32N2. The zero-order valence-electron chi connectivity index (χ0n) is 27.4. The van der Waals surface area contributed by atoms with Crippen LogP contribution in [0.2, 0.25) is 0 Å². The van der Waals surface area contributed by atoms with Crippen molar-refractivity contribution in [2.24, 2.45) is 0 Å². The normalized spacial score (nSPS) is 11.6. The van der Waals surface area contributed by atoms with Gasteiger partial charge >= 0.3 is 0 Å². The molecule has 0 radical (unpaired) electrons. The number of fused-ring (bicyclic) bond motifs is 7. The Morgan fingerprint density at radius 3 is 1.50 bits per heavy atom. The quantitative estimate of drug-likeness (QED) is 0.178. The van der Waals surface area contributed by atoms with E-state index in [2.05, 4.69) is 203 Å². The van der Waals surface area contributed by atoms with Crippen molar-refractivity contribution >= 4 is 43.6 Å². The highest BCUT2D eigenvalue weighted by atomic mass is 15.0. The van der Waals surface area contributed by atoms with E-state index >= 15 is 0 Å². The summed E-state index contributed by atoms with van der Waals surface area (Å²) in [6.45, 7) is 0. The SMILES string of the molecule is c1ccc(-c2cccc(-c3ccccc3)c2-c2cccc(-n3c4ccccc4c4ccc5c(c6ccccc6n5-c5ccccc5)c43)c2)cc1. The Morgan fingerprint density at radius 2 is 0.820 bits per heavy atom. The van der Waals surface area contributed by atoms with Gasteiger partial charge in [0, 0.05) is 32.9 Å². The first-order valence-corrected chi connectivity index (χ1v) is 17.2. The molecule has 0 aliphatic rings. The van der Waals surface area contributed by atoms with Gasteiger partial charge in [-0.05, 0) is 75.8 Å². The molecular weight excluding hydrogens is 605 g/mol. The molecule has 10 aromatic rings. The highest BCUT2D eigenvalue weighted by Gasteiger charge is 2.21. The van der Waals surface area contributed by atoms with Crippen LogP contribution in [0.4, 0.5) is 0 Å². The molecule has 8 aromatic carbocycles. The lowest BCUT2D eigenvalue weighted by Crippen LogP contribution is -1.97. The highest BCUT2D eigenvalue weighted by molar-refractivity contribution is 6.26. The average molecular weight is 637 g/mol. The highest BCUT2D eigenvalue weighted by Crippen LogP contribution is 2.44. The summed E-state index contributed by atoms with van der Waals surface area (Å²) >= 11 is 0. The Hall–Kier alpha value is -6.64. The van der Waals surface area contributed by atoms with Crippen LogP contribution in [-0.4, -0.2) is 9.13 Å². The summed E-state index contributed by atoms with van der Waals surface area (Å²) in [5, 5.41) is 5.02. The van der Waals surface area contributed by atoms with Crippen molar-refractivity contribution in [2.45, 2.75) is 0 Å². The molecule has 0 N–H and O–H groups in total. The summed E-state index contributed by atoms with van der Waals surface area (Å²) in [6, 6.07) is 70.3. The van der Waals surface area contributed by atoms with E-state index < -0.39 is 0 Å². The third-order valence-electron chi connectivity index (χ3n) is 10.1. The molecule has 0 amide bonds. The van der Waals surface area contributed by atoms with Gasteiger partial charge in [-0.3, -0.25) is 0 Å². The van der Waals surface area contributed by atoms with Gasteiger partial charge in [0.25, 0.3) is 0 Å². The molecule has 0 aliphatic heterocycles. The molecule has 2 heteroatoms. The molecule has 0 saturated heterocycles. The van der Waals surface area contributed by atoms with Crippen molar-refractivity contribution in [1.82, 2.24) is 9.13 Å². The number of hydrogen-bond donors (Lipinski definition) is 0. The van der Waals surface area contributed by atoms with E-state index in [0.29, 0.717) is 0 Å². The number of rotatable bonds is 5. The van der Waals surface area contributed by atoms with Crippen LogP contribution in [0.5, 0.6) is 0 Å². The lowest BCUT2D eigenvalue weighted by molar-refractivity contribution is 1.17. The molecule has 2 aromatic heterocycles. The van der Waals surface area contributed by atoms with Crippen LogP contribution in [0.25, 0.3) is 88.4 Å². The molecule has 0 unspecified atom stereocenters. The molecule has 234 valence electrons. The van der Waals surface area contributed by atoms with Gasteiger partial charge in [-0.15, -0.1) is 0 Å². The number of hydrogen-bond acceptors (Lipinski definition) is 0. The summed E-state index contributed by atoms with van der Waals surface area (Å²) in [7, 11) is 0. The maximum Gasteiger partial charge on any atom is 0.0641 e. The maximum atomic E-state index is 2.49. The fourth-order valence-electron chi connectivity index (χ4n) is 8.01. The second kappa shape index (κ2) is 11.5. The minimum absolute atomic E-state index is 1.14. The molecule has 0 atom stereocenters. The minimum Gasteiger partial charge on any atom is -0.309 e. The smallest absolute Gasteiger partial charge is 0.0641 e. The monoisotopic (exact) mass is 636 g/mol. The van der Waals surface area contributed by atoms with E-state index in [-0.39, 0.29) is 0 Å². The molecule has 0 spiro atoms. The lowest BCUT2D eigenvalue weighted by Gasteiger charge is -2.18. The van der Waals surface area contributed by atoms with Crippen LogP contribution in [0.1, 0.15) is 0 Å². The number of nitrogens with zero attached hydrogens (tertiary/aromatic N) is 2. The largest absolute Gasteiger partial charge is 0.309 e. The lowest BCUT2D eigenvalue weighted by atomic mass is 9.87. The molecule has 2 nitrogen and oxygen atoms in total. The van der Waals surface area contributed by atoms with Crippen LogP contribution in [0.3, 0.4) is 0 Å². The standard InChI is InChI=1S/C48H32N2/c1-4-16-33(17-5-1)38-26-15-27-39(34-18-6-2-7-19-34)46(38)35-20-14-23-37(32-35)50-43-28-12-10-24-40(43)41-30-31-45-47(48(41)50)42-25-11-13-29-44(42)49(45)36-21-8-3-9-22-36/h1-32H. The molecule has 2 heterocycles. The maximum absolute atomic E-state index is 2.49. The van der Waals surface area contributed by atoms with Crippen molar-refractivity contribution in [3.63, 3.8) is 0 Å². The first-order chi connectivity index (χ1) is 24.8. The van der Waals surface area contributed by atoms with Crippen LogP contribution in [0, 0.1) is 0 Å². The molecule has 10 rings (SSSR count). The van der Waals surface area contributed by atoms with E-state index in [0.717, 1.165) is 11.4 Å². The van der Waals surface area contributed by atoms with Crippen molar-refractivity contribution in [1.29, 1.82) is 0 Å². The first kappa shape index (κ1) is 28.4. The van der Waals surface area contributed by atoms with Gasteiger partial charge in [0.2, 0.25) is 0 Å². The second-order valence-corrected chi connectivity index (χ2v) is 12.9. The zero-order valence-corrected chi connectivity index (χ0v) is 27.4. The van der Waals surface area contributed by atoms with Crippen molar-refractivity contribution in [3.05, 3.63) is 194 Å². The van der Waals surface area contributed by atoms with Crippen molar-refractivity contribution in [3.8, 4) is 44.8 Å².